The van der Waals surface area contributed by atoms with Gasteiger partial charge in [0.15, 0.2) is 0 Å². The van der Waals surface area contributed by atoms with E-state index in [-0.39, 0.29) is 17.8 Å². The number of benzene rings is 1. The number of nitrogens with two attached hydrogens (primary N) is 1. The van der Waals surface area contributed by atoms with Gasteiger partial charge in [0.05, 0.1) is 29.2 Å². The first kappa shape index (κ1) is 17.4. The van der Waals surface area contributed by atoms with Crippen molar-refractivity contribution in [3.05, 3.63) is 71.3 Å². The van der Waals surface area contributed by atoms with Crippen molar-refractivity contribution in [2.24, 2.45) is 12.8 Å². The second-order valence-electron chi connectivity index (χ2n) is 6.69. The molecule has 3 aromatic rings. The van der Waals surface area contributed by atoms with E-state index in [0.717, 1.165) is 22.6 Å². The summed E-state index contributed by atoms with van der Waals surface area (Å²) in [6.07, 6.45) is 2.22. The fraction of sp³-hybridized carbons (Fsp3) is 0.250. The Kier molecular flexibility index (Phi) is 4.45. The third kappa shape index (κ3) is 3.21. The molecule has 138 valence electrons. The first-order chi connectivity index (χ1) is 13.1. The monoisotopic (exact) mass is 365 g/mol. The van der Waals surface area contributed by atoms with Crippen LogP contribution in [0.4, 0.5) is 4.39 Å². The van der Waals surface area contributed by atoms with Crippen LogP contribution in [0.1, 0.15) is 21.6 Å². The van der Waals surface area contributed by atoms with Crippen LogP contribution in [0.2, 0.25) is 0 Å². The SMILES string of the molecule is Cn1nccc1-c1ccc2c(n1)CN([C@H](CN)Cc1cccc(F)c1)C2=O. The van der Waals surface area contributed by atoms with Gasteiger partial charge < -0.3 is 10.6 Å². The number of aromatic nitrogens is 3. The lowest BCUT2D eigenvalue weighted by atomic mass is 10.0. The molecule has 1 amide bonds. The second kappa shape index (κ2) is 6.92. The molecular weight excluding hydrogens is 345 g/mol. The molecule has 1 atom stereocenters. The molecule has 2 aromatic heterocycles. The minimum absolute atomic E-state index is 0.0825. The maximum absolute atomic E-state index is 13.5. The minimum atomic E-state index is -0.290. The van der Waals surface area contributed by atoms with Crippen molar-refractivity contribution in [1.82, 2.24) is 19.7 Å². The highest BCUT2D eigenvalue weighted by Crippen LogP contribution is 2.27. The van der Waals surface area contributed by atoms with Gasteiger partial charge in [-0.1, -0.05) is 12.1 Å². The third-order valence-corrected chi connectivity index (χ3v) is 4.94. The zero-order chi connectivity index (χ0) is 19.0. The minimum Gasteiger partial charge on any atom is -0.328 e. The van der Waals surface area contributed by atoms with Crippen molar-refractivity contribution < 1.29 is 9.18 Å². The van der Waals surface area contributed by atoms with Crippen LogP contribution in [0.15, 0.2) is 48.7 Å². The molecule has 0 unspecified atom stereocenters. The van der Waals surface area contributed by atoms with Gasteiger partial charge in [0.25, 0.3) is 5.91 Å². The van der Waals surface area contributed by atoms with E-state index in [1.54, 1.807) is 21.8 Å². The summed E-state index contributed by atoms with van der Waals surface area (Å²) < 4.78 is 15.2. The molecule has 0 saturated carbocycles. The summed E-state index contributed by atoms with van der Waals surface area (Å²) in [4.78, 5) is 19.3. The second-order valence-corrected chi connectivity index (χ2v) is 6.69. The highest BCUT2D eigenvalue weighted by atomic mass is 19.1. The molecule has 7 heteroatoms. The third-order valence-electron chi connectivity index (χ3n) is 4.94. The average Bonchev–Trinajstić information content (AvgIpc) is 3.23. The first-order valence-electron chi connectivity index (χ1n) is 8.80. The normalized spacial score (nSPS) is 14.5. The summed E-state index contributed by atoms with van der Waals surface area (Å²) in [6.45, 7) is 0.696. The van der Waals surface area contributed by atoms with E-state index in [1.807, 2.05) is 31.3 Å². The number of rotatable bonds is 5. The van der Waals surface area contributed by atoms with E-state index in [4.69, 9.17) is 5.73 Å². The molecule has 0 fully saturated rings. The topological polar surface area (TPSA) is 77.0 Å². The molecule has 0 aliphatic carbocycles. The van der Waals surface area contributed by atoms with Crippen LogP contribution in [0.3, 0.4) is 0 Å². The number of aryl methyl sites for hydroxylation is 1. The largest absolute Gasteiger partial charge is 0.328 e. The Morgan fingerprint density at radius 2 is 2.11 bits per heavy atom. The van der Waals surface area contributed by atoms with Gasteiger partial charge in [0.1, 0.15) is 5.82 Å². The number of pyridine rings is 1. The Bertz CT molecular complexity index is 1000. The summed E-state index contributed by atoms with van der Waals surface area (Å²) in [5.74, 6) is -0.372. The summed E-state index contributed by atoms with van der Waals surface area (Å²) in [6, 6.07) is 11.7. The molecule has 6 nitrogen and oxygen atoms in total. The zero-order valence-corrected chi connectivity index (χ0v) is 15.0. The Hall–Kier alpha value is -3.06. The fourth-order valence-corrected chi connectivity index (χ4v) is 3.52. The zero-order valence-electron chi connectivity index (χ0n) is 15.0. The Morgan fingerprint density at radius 3 is 2.81 bits per heavy atom. The van der Waals surface area contributed by atoms with E-state index in [1.165, 1.54) is 12.1 Å². The molecule has 2 N–H and O–H groups in total. The van der Waals surface area contributed by atoms with E-state index in [2.05, 4.69) is 10.1 Å². The lowest BCUT2D eigenvalue weighted by Crippen LogP contribution is -2.42. The van der Waals surface area contributed by atoms with Crippen LogP contribution < -0.4 is 5.73 Å². The van der Waals surface area contributed by atoms with Crippen molar-refractivity contribution in [3.8, 4) is 11.4 Å². The highest BCUT2D eigenvalue weighted by Gasteiger charge is 2.33. The number of nitrogens with zero attached hydrogens (tertiary/aromatic N) is 4. The molecule has 1 aliphatic heterocycles. The predicted octanol–water partition coefficient (Wildman–Crippen LogP) is 2.15. The lowest BCUT2D eigenvalue weighted by Gasteiger charge is -2.26. The Morgan fingerprint density at radius 1 is 1.26 bits per heavy atom. The van der Waals surface area contributed by atoms with Gasteiger partial charge in [-0.3, -0.25) is 9.48 Å². The van der Waals surface area contributed by atoms with Gasteiger partial charge in [-0.2, -0.15) is 5.10 Å². The van der Waals surface area contributed by atoms with Crippen LogP contribution in [-0.2, 0) is 20.0 Å². The molecule has 0 saturated heterocycles. The summed E-state index contributed by atoms with van der Waals surface area (Å²) in [7, 11) is 1.85. The summed E-state index contributed by atoms with van der Waals surface area (Å²) in [5.41, 5.74) is 9.75. The molecule has 3 heterocycles. The standard InChI is InChI=1S/C20H20FN5O/c1-25-19(7-8-23-25)17-6-5-16-18(24-17)12-26(20(16)27)15(11-22)10-13-3-2-4-14(21)9-13/h2-9,15H,10-12,22H2,1H3/t15-/m0/s1. The van der Waals surface area contributed by atoms with Gasteiger partial charge in [0.2, 0.25) is 0 Å². The number of amides is 1. The number of hydrogen-bond donors (Lipinski definition) is 1. The number of carbonyl (C=O) groups excluding carboxylic acids is 1. The fourth-order valence-electron chi connectivity index (χ4n) is 3.52. The molecule has 27 heavy (non-hydrogen) atoms. The quantitative estimate of drug-likeness (QED) is 0.752. The van der Waals surface area contributed by atoms with Crippen molar-refractivity contribution in [2.45, 2.75) is 19.0 Å². The van der Waals surface area contributed by atoms with Crippen molar-refractivity contribution in [3.63, 3.8) is 0 Å². The average molecular weight is 365 g/mol. The number of halogens is 1. The Balaban J connectivity index is 1.59. The van der Waals surface area contributed by atoms with E-state index < -0.39 is 0 Å². The van der Waals surface area contributed by atoms with Crippen LogP contribution in [0.5, 0.6) is 0 Å². The number of hydrogen-bond acceptors (Lipinski definition) is 4. The van der Waals surface area contributed by atoms with Crippen LogP contribution >= 0.6 is 0 Å². The van der Waals surface area contributed by atoms with Gasteiger partial charge in [-0.05, 0) is 42.3 Å². The molecule has 4 rings (SSSR count). The molecule has 1 aromatic carbocycles. The van der Waals surface area contributed by atoms with Gasteiger partial charge >= 0.3 is 0 Å². The van der Waals surface area contributed by atoms with Crippen LogP contribution in [0, 0.1) is 5.82 Å². The maximum atomic E-state index is 13.5. The molecule has 0 spiro atoms. The van der Waals surface area contributed by atoms with E-state index in [0.29, 0.717) is 25.1 Å². The van der Waals surface area contributed by atoms with Gasteiger partial charge in [0, 0.05) is 25.8 Å². The smallest absolute Gasteiger partial charge is 0.256 e. The molecular formula is C20H20FN5O. The van der Waals surface area contributed by atoms with E-state index >= 15 is 0 Å². The number of fused-ring (bicyclic) bond motifs is 1. The molecule has 0 radical (unpaired) electrons. The van der Waals surface area contributed by atoms with Crippen LogP contribution in [0.25, 0.3) is 11.4 Å². The summed E-state index contributed by atoms with van der Waals surface area (Å²) >= 11 is 0. The van der Waals surface area contributed by atoms with Crippen molar-refractivity contribution in [2.75, 3.05) is 6.54 Å². The maximum Gasteiger partial charge on any atom is 0.256 e. The summed E-state index contributed by atoms with van der Waals surface area (Å²) in [5, 5.41) is 4.16. The molecule has 0 bridgehead atoms. The van der Waals surface area contributed by atoms with Gasteiger partial charge in [-0.25, -0.2) is 9.37 Å². The van der Waals surface area contributed by atoms with Crippen molar-refractivity contribution in [1.29, 1.82) is 0 Å². The molecule has 1 aliphatic rings. The van der Waals surface area contributed by atoms with Crippen LogP contribution in [-0.4, -0.2) is 38.2 Å². The first-order valence-corrected chi connectivity index (χ1v) is 8.80. The predicted molar refractivity (Wildman–Crippen MR) is 99.3 cm³/mol. The Labute approximate surface area is 156 Å². The highest BCUT2D eigenvalue weighted by molar-refractivity contribution is 5.98. The number of carbonyl (C=O) groups is 1. The lowest BCUT2D eigenvalue weighted by molar-refractivity contribution is 0.0707. The van der Waals surface area contributed by atoms with Crippen molar-refractivity contribution >= 4 is 5.91 Å². The van der Waals surface area contributed by atoms with Gasteiger partial charge in [-0.15, -0.1) is 0 Å². The van der Waals surface area contributed by atoms with E-state index in [9.17, 15) is 9.18 Å².